The van der Waals surface area contributed by atoms with E-state index in [2.05, 4.69) is 17.4 Å². The molecule has 2 N–H and O–H groups in total. The minimum absolute atomic E-state index is 0.0626. The second-order valence-electron chi connectivity index (χ2n) is 7.93. The number of methoxy groups -OCH3 is 2. The van der Waals surface area contributed by atoms with Gasteiger partial charge in [0, 0.05) is 22.7 Å². The van der Waals surface area contributed by atoms with E-state index in [9.17, 15) is 18.0 Å². The summed E-state index contributed by atoms with van der Waals surface area (Å²) in [5.74, 6) is 0.148. The number of anilines is 1. The second kappa shape index (κ2) is 13.2. The lowest BCUT2D eigenvalue weighted by molar-refractivity contribution is -0.254. The van der Waals surface area contributed by atoms with E-state index in [0.717, 1.165) is 19.3 Å². The number of carbonyl (C=O) groups excluding carboxylic acids is 1. The number of rotatable bonds is 11. The average molecular weight is 578 g/mol. The Bertz CT molecular complexity index is 1180. The molecule has 0 radical (unpaired) electrons. The summed E-state index contributed by atoms with van der Waals surface area (Å²) in [6, 6.07) is 11.1. The summed E-state index contributed by atoms with van der Waals surface area (Å²) >= 11 is 17.9. The summed E-state index contributed by atoms with van der Waals surface area (Å²) in [7, 11) is 2.48. The molecule has 11 heteroatoms. The Kier molecular flexibility index (Phi) is 10.9. The Morgan fingerprint density at radius 2 is 1.73 bits per heavy atom. The molecule has 0 saturated heterocycles. The summed E-state index contributed by atoms with van der Waals surface area (Å²) in [6.45, 7) is 4.91. The van der Waals surface area contributed by atoms with Crippen LogP contribution >= 0.6 is 34.8 Å². The van der Waals surface area contributed by atoms with Crippen molar-refractivity contribution in [1.82, 2.24) is 5.43 Å². The van der Waals surface area contributed by atoms with E-state index in [1.54, 1.807) is 36.4 Å². The topological polar surface area (TPSA) is 59.6 Å². The summed E-state index contributed by atoms with van der Waals surface area (Å²) in [4.78, 5) is 12.4. The molecule has 0 aliphatic carbocycles. The Labute approximate surface area is 228 Å². The molecule has 37 heavy (non-hydrogen) atoms. The van der Waals surface area contributed by atoms with Gasteiger partial charge in [-0.1, -0.05) is 47.4 Å². The molecule has 2 aromatic carbocycles. The number of alkyl halides is 3. The lowest BCUT2D eigenvalue weighted by atomic mass is 9.85. The lowest BCUT2D eigenvalue weighted by Crippen LogP contribution is -2.48. The zero-order valence-corrected chi connectivity index (χ0v) is 22.6. The molecule has 2 aromatic rings. The van der Waals surface area contributed by atoms with Crippen LogP contribution < -0.4 is 15.6 Å². The molecule has 0 heterocycles. The van der Waals surface area contributed by atoms with Crippen molar-refractivity contribution in [1.29, 1.82) is 0 Å². The van der Waals surface area contributed by atoms with E-state index >= 15 is 0 Å². The Balaban J connectivity index is 2.28. The van der Waals surface area contributed by atoms with E-state index in [0.29, 0.717) is 22.6 Å². The fraction of sp³-hybridized carbons (Fsp3) is 0.269. The van der Waals surface area contributed by atoms with E-state index in [-0.39, 0.29) is 27.1 Å². The molecular weight excluding hydrogens is 552 g/mol. The van der Waals surface area contributed by atoms with Gasteiger partial charge in [-0.25, -0.2) is 0 Å². The van der Waals surface area contributed by atoms with Gasteiger partial charge in [0.25, 0.3) is 5.91 Å². The zero-order valence-electron chi connectivity index (χ0n) is 20.3. The molecule has 5 nitrogen and oxygen atoms in total. The molecule has 0 bridgehead atoms. The SMILES string of the molecule is C=C(Cl)/C=C(\C=C(/C)Cl)C(CCc1ccc(Cl)c(NNC(=O)c2ccc(OC)cc2)c1)(OC)C(F)(F)F. The molecule has 0 aromatic heterocycles. The predicted molar refractivity (Wildman–Crippen MR) is 142 cm³/mol. The summed E-state index contributed by atoms with van der Waals surface area (Å²) in [5.41, 5.74) is 3.40. The molecule has 0 fully saturated rings. The Hall–Kier alpha value is -2.65. The molecule has 1 unspecified atom stereocenters. The van der Waals surface area contributed by atoms with Crippen LogP contribution in [0.3, 0.4) is 0 Å². The normalized spacial score (nSPS) is 14.1. The first-order valence-electron chi connectivity index (χ1n) is 10.8. The molecule has 0 aliphatic heterocycles. The monoisotopic (exact) mass is 576 g/mol. The third-order valence-corrected chi connectivity index (χ3v) is 5.95. The lowest BCUT2D eigenvalue weighted by Gasteiger charge is -2.36. The smallest absolute Gasteiger partial charge is 0.421 e. The number of carbonyl (C=O) groups is 1. The molecule has 2 rings (SSSR count). The third-order valence-electron chi connectivity index (χ3n) is 5.40. The van der Waals surface area contributed by atoms with Crippen molar-refractivity contribution < 1.29 is 27.4 Å². The van der Waals surface area contributed by atoms with Gasteiger partial charge in [0.05, 0.1) is 17.8 Å². The van der Waals surface area contributed by atoms with Crippen LogP contribution in [0.2, 0.25) is 5.02 Å². The number of ether oxygens (including phenoxy) is 2. The van der Waals surface area contributed by atoms with Crippen molar-refractivity contribution >= 4 is 46.4 Å². The van der Waals surface area contributed by atoms with Crippen LogP contribution in [-0.4, -0.2) is 31.9 Å². The number of hydrogen-bond acceptors (Lipinski definition) is 4. The fourth-order valence-electron chi connectivity index (χ4n) is 3.53. The first-order chi connectivity index (χ1) is 17.3. The molecular formula is C26H26Cl3F3N2O3. The van der Waals surface area contributed by atoms with Crippen molar-refractivity contribution in [2.45, 2.75) is 31.5 Å². The summed E-state index contributed by atoms with van der Waals surface area (Å²) in [6.07, 6.45) is -3.14. The van der Waals surface area contributed by atoms with E-state index in [1.807, 2.05) is 0 Å². The highest BCUT2D eigenvalue weighted by Crippen LogP contribution is 2.44. The number of benzene rings is 2. The van der Waals surface area contributed by atoms with E-state index in [1.165, 1.54) is 20.1 Å². The van der Waals surface area contributed by atoms with Gasteiger partial charge in [-0.2, -0.15) is 13.2 Å². The zero-order chi connectivity index (χ0) is 27.8. The van der Waals surface area contributed by atoms with Crippen molar-refractivity contribution in [3.8, 4) is 5.75 Å². The first kappa shape index (κ1) is 30.6. The van der Waals surface area contributed by atoms with Crippen LogP contribution in [-0.2, 0) is 11.2 Å². The average Bonchev–Trinajstić information content (AvgIpc) is 2.83. The van der Waals surface area contributed by atoms with Crippen LogP contribution in [0.15, 0.2) is 76.8 Å². The Morgan fingerprint density at radius 1 is 1.08 bits per heavy atom. The maximum absolute atomic E-state index is 14.4. The molecule has 0 aliphatic rings. The summed E-state index contributed by atoms with van der Waals surface area (Å²) in [5, 5.41) is 0.258. The number of nitrogens with one attached hydrogen (secondary N) is 2. The van der Waals surface area contributed by atoms with E-state index in [4.69, 9.17) is 44.3 Å². The minimum Gasteiger partial charge on any atom is -0.497 e. The molecule has 1 amide bonds. The molecule has 0 spiro atoms. The molecule has 1 atom stereocenters. The van der Waals surface area contributed by atoms with Crippen LogP contribution in [0.4, 0.5) is 18.9 Å². The highest BCUT2D eigenvalue weighted by atomic mass is 35.5. The highest BCUT2D eigenvalue weighted by molar-refractivity contribution is 6.33. The quantitative estimate of drug-likeness (QED) is 0.211. The second-order valence-corrected chi connectivity index (χ2v) is 9.42. The minimum atomic E-state index is -4.80. The number of hydrazine groups is 1. The number of hydrogen-bond donors (Lipinski definition) is 2. The van der Waals surface area contributed by atoms with Gasteiger partial charge in [0.15, 0.2) is 5.60 Å². The van der Waals surface area contributed by atoms with Crippen molar-refractivity contribution in [3.63, 3.8) is 0 Å². The van der Waals surface area contributed by atoms with Crippen molar-refractivity contribution in [2.75, 3.05) is 19.6 Å². The predicted octanol–water partition coefficient (Wildman–Crippen LogP) is 7.81. The van der Waals surface area contributed by atoms with Gasteiger partial charge in [-0.15, -0.1) is 0 Å². The molecule has 0 saturated carbocycles. The van der Waals surface area contributed by atoms with Crippen LogP contribution in [0.5, 0.6) is 5.75 Å². The van der Waals surface area contributed by atoms with Gasteiger partial charge in [0.1, 0.15) is 5.75 Å². The first-order valence-corrected chi connectivity index (χ1v) is 12.0. The number of aryl methyl sites for hydroxylation is 1. The van der Waals surface area contributed by atoms with Gasteiger partial charge in [0.2, 0.25) is 0 Å². The largest absolute Gasteiger partial charge is 0.497 e. The highest BCUT2D eigenvalue weighted by Gasteiger charge is 2.57. The Morgan fingerprint density at radius 3 is 2.24 bits per heavy atom. The van der Waals surface area contributed by atoms with Gasteiger partial charge in [-0.3, -0.25) is 15.6 Å². The summed E-state index contributed by atoms with van der Waals surface area (Å²) < 4.78 is 53.3. The van der Waals surface area contributed by atoms with Crippen LogP contribution in [0, 0.1) is 0 Å². The van der Waals surface area contributed by atoms with Gasteiger partial charge in [-0.05, 0) is 79.5 Å². The number of allylic oxidation sites excluding steroid dienone is 3. The fourth-order valence-corrected chi connectivity index (χ4v) is 3.93. The standard InChI is InChI=1S/C26H26Cl3F3N2O3/c1-16(27)13-20(14-17(2)28)25(37-4,26(30,31)32)12-11-18-5-10-22(29)23(15-18)33-34-24(35)19-6-8-21(36-3)9-7-19/h5-10,13-15,33H,1,11-12H2,2-4H3,(H,34,35)/b17-14+,20-13+. The molecule has 200 valence electrons. The van der Waals surface area contributed by atoms with Gasteiger partial charge >= 0.3 is 6.18 Å². The van der Waals surface area contributed by atoms with Crippen LogP contribution in [0.25, 0.3) is 0 Å². The number of amides is 1. The maximum atomic E-state index is 14.4. The van der Waals surface area contributed by atoms with Crippen molar-refractivity contribution in [3.05, 3.63) is 93.0 Å². The van der Waals surface area contributed by atoms with Crippen molar-refractivity contribution in [2.24, 2.45) is 0 Å². The van der Waals surface area contributed by atoms with Gasteiger partial charge < -0.3 is 9.47 Å². The third kappa shape index (κ3) is 8.17. The maximum Gasteiger partial charge on any atom is 0.421 e. The van der Waals surface area contributed by atoms with Crippen LogP contribution in [0.1, 0.15) is 29.3 Å². The number of halogens is 6. The van der Waals surface area contributed by atoms with E-state index < -0.39 is 24.1 Å².